The minimum absolute atomic E-state index is 0.174. The number of hydrogen-bond donors (Lipinski definition) is 2. The molecule has 0 aromatic heterocycles. The van der Waals surface area contributed by atoms with E-state index >= 15 is 0 Å². The van der Waals surface area contributed by atoms with E-state index in [0.29, 0.717) is 18.0 Å². The van der Waals surface area contributed by atoms with Crippen molar-refractivity contribution in [2.24, 2.45) is 0 Å². The summed E-state index contributed by atoms with van der Waals surface area (Å²) in [6.07, 6.45) is 1.63. The molecule has 3 aromatic rings. The largest absolute Gasteiger partial charge is 0.489 e. The zero-order valence-corrected chi connectivity index (χ0v) is 16.1. The predicted molar refractivity (Wildman–Crippen MR) is 114 cm³/mol. The van der Waals surface area contributed by atoms with Crippen LogP contribution in [0.3, 0.4) is 0 Å². The highest BCUT2D eigenvalue weighted by molar-refractivity contribution is 6.08. The van der Waals surface area contributed by atoms with Gasteiger partial charge in [-0.05, 0) is 41.5 Å². The van der Waals surface area contributed by atoms with E-state index in [1.807, 2.05) is 60.7 Å². The van der Waals surface area contributed by atoms with Gasteiger partial charge in [0.05, 0.1) is 0 Å². The molecule has 0 heterocycles. The van der Waals surface area contributed by atoms with Crippen molar-refractivity contribution < 1.29 is 14.3 Å². The summed E-state index contributed by atoms with van der Waals surface area (Å²) in [6, 6.07) is 26.3. The molecule has 0 saturated carbocycles. The van der Waals surface area contributed by atoms with Gasteiger partial charge in [-0.2, -0.15) is 0 Å². The van der Waals surface area contributed by atoms with Crippen molar-refractivity contribution in [3.63, 3.8) is 0 Å². The quantitative estimate of drug-likeness (QED) is 0.592. The first-order chi connectivity index (χ1) is 14.1. The van der Waals surface area contributed by atoms with Crippen LogP contribution < -0.4 is 15.4 Å². The molecule has 0 radical (unpaired) electrons. The van der Waals surface area contributed by atoms with E-state index in [1.165, 1.54) is 6.92 Å². The second-order valence-corrected chi connectivity index (χ2v) is 6.40. The number of carbonyl (C=O) groups is 2. The lowest BCUT2D eigenvalue weighted by Gasteiger charge is -2.11. The Morgan fingerprint density at radius 1 is 0.862 bits per heavy atom. The van der Waals surface area contributed by atoms with Gasteiger partial charge < -0.3 is 15.4 Å². The van der Waals surface area contributed by atoms with E-state index in [9.17, 15) is 9.59 Å². The summed E-state index contributed by atoms with van der Waals surface area (Å²) in [7, 11) is 0. The number of rotatable bonds is 7. The van der Waals surface area contributed by atoms with Crippen molar-refractivity contribution in [1.29, 1.82) is 0 Å². The highest BCUT2D eigenvalue weighted by Gasteiger charge is 2.12. The molecular formula is C24H22N2O3. The first-order valence-electron chi connectivity index (χ1n) is 9.22. The first-order valence-corrected chi connectivity index (χ1v) is 9.22. The van der Waals surface area contributed by atoms with E-state index in [1.54, 1.807) is 30.3 Å². The molecule has 146 valence electrons. The van der Waals surface area contributed by atoms with E-state index < -0.39 is 5.91 Å². The number of hydrogen-bond acceptors (Lipinski definition) is 3. The van der Waals surface area contributed by atoms with Gasteiger partial charge in [0, 0.05) is 12.6 Å². The fourth-order valence-corrected chi connectivity index (χ4v) is 2.64. The van der Waals surface area contributed by atoms with Gasteiger partial charge in [-0.3, -0.25) is 9.59 Å². The topological polar surface area (TPSA) is 67.4 Å². The van der Waals surface area contributed by atoms with Crippen LogP contribution in [-0.2, 0) is 16.2 Å². The second kappa shape index (κ2) is 9.90. The van der Waals surface area contributed by atoms with Gasteiger partial charge in [0.15, 0.2) is 0 Å². The zero-order chi connectivity index (χ0) is 20.5. The Morgan fingerprint density at radius 2 is 1.48 bits per heavy atom. The molecule has 5 heteroatoms. The third-order valence-electron chi connectivity index (χ3n) is 4.03. The standard InChI is InChI=1S/C24H22N2O3/c1-18(27)25-23(16-19-8-4-2-5-9-19)24(28)26-21-12-14-22(15-13-21)29-17-20-10-6-3-7-11-20/h2-16H,17H2,1H3,(H,25,27)(H,26,28)/b23-16-. The van der Waals surface area contributed by atoms with Crippen LogP contribution >= 0.6 is 0 Å². The van der Waals surface area contributed by atoms with E-state index in [4.69, 9.17) is 4.74 Å². The maximum absolute atomic E-state index is 12.6. The van der Waals surface area contributed by atoms with Gasteiger partial charge >= 0.3 is 0 Å². The lowest BCUT2D eigenvalue weighted by atomic mass is 10.2. The van der Waals surface area contributed by atoms with Gasteiger partial charge in [-0.25, -0.2) is 0 Å². The van der Waals surface area contributed by atoms with Crippen molar-refractivity contribution >= 4 is 23.6 Å². The predicted octanol–water partition coefficient (Wildman–Crippen LogP) is 4.38. The summed E-state index contributed by atoms with van der Waals surface area (Å²) in [5.41, 5.74) is 2.67. The Morgan fingerprint density at radius 3 is 2.10 bits per heavy atom. The van der Waals surface area contributed by atoms with Crippen LogP contribution in [-0.4, -0.2) is 11.8 Å². The van der Waals surface area contributed by atoms with Crippen LogP contribution in [0.5, 0.6) is 5.75 Å². The smallest absolute Gasteiger partial charge is 0.272 e. The van der Waals surface area contributed by atoms with Crippen molar-refractivity contribution in [3.05, 3.63) is 102 Å². The normalized spacial score (nSPS) is 10.9. The minimum atomic E-state index is -0.401. The molecule has 3 rings (SSSR count). The summed E-state index contributed by atoms with van der Waals surface area (Å²) in [5.74, 6) is -0.0113. The minimum Gasteiger partial charge on any atom is -0.489 e. The number of anilines is 1. The van der Waals surface area contributed by atoms with Crippen LogP contribution in [0.4, 0.5) is 5.69 Å². The van der Waals surface area contributed by atoms with Crippen LogP contribution in [0.1, 0.15) is 18.1 Å². The Labute approximate surface area is 170 Å². The summed E-state index contributed by atoms with van der Waals surface area (Å²) in [4.78, 5) is 24.1. The van der Waals surface area contributed by atoms with Gasteiger partial charge in [0.25, 0.3) is 5.91 Å². The van der Waals surface area contributed by atoms with Gasteiger partial charge in [-0.15, -0.1) is 0 Å². The van der Waals surface area contributed by atoms with Crippen LogP contribution in [0.25, 0.3) is 6.08 Å². The van der Waals surface area contributed by atoms with Crippen LogP contribution in [0.2, 0.25) is 0 Å². The van der Waals surface area contributed by atoms with Crippen molar-refractivity contribution in [2.45, 2.75) is 13.5 Å². The Kier molecular flexibility index (Phi) is 6.79. The average molecular weight is 386 g/mol. The highest BCUT2D eigenvalue weighted by atomic mass is 16.5. The lowest BCUT2D eigenvalue weighted by molar-refractivity contribution is -0.120. The van der Waals surface area contributed by atoms with E-state index in [2.05, 4.69) is 10.6 Å². The van der Waals surface area contributed by atoms with Crippen molar-refractivity contribution in [2.75, 3.05) is 5.32 Å². The fourth-order valence-electron chi connectivity index (χ4n) is 2.64. The van der Waals surface area contributed by atoms with Gasteiger partial charge in [0.2, 0.25) is 5.91 Å². The third kappa shape index (κ3) is 6.36. The summed E-state index contributed by atoms with van der Waals surface area (Å²) in [6.45, 7) is 1.84. The molecule has 0 saturated heterocycles. The molecule has 0 unspecified atom stereocenters. The average Bonchev–Trinajstić information content (AvgIpc) is 2.74. The molecule has 29 heavy (non-hydrogen) atoms. The molecule has 2 amide bonds. The van der Waals surface area contributed by atoms with Gasteiger partial charge in [-0.1, -0.05) is 60.7 Å². The van der Waals surface area contributed by atoms with E-state index in [-0.39, 0.29) is 11.6 Å². The maximum Gasteiger partial charge on any atom is 0.272 e. The Hall–Kier alpha value is -3.86. The molecule has 0 fully saturated rings. The SMILES string of the molecule is CC(=O)N/C(=C\c1ccccc1)C(=O)Nc1ccc(OCc2ccccc2)cc1. The molecule has 3 aromatic carbocycles. The third-order valence-corrected chi connectivity index (χ3v) is 4.03. The van der Waals surface area contributed by atoms with Crippen molar-refractivity contribution in [1.82, 2.24) is 5.32 Å². The first kappa shape index (κ1) is 19.9. The van der Waals surface area contributed by atoms with Crippen LogP contribution in [0.15, 0.2) is 90.6 Å². The molecule has 0 spiro atoms. The lowest BCUT2D eigenvalue weighted by Crippen LogP contribution is -2.28. The molecule has 0 atom stereocenters. The molecule has 0 bridgehead atoms. The Bertz CT molecular complexity index is 982. The van der Waals surface area contributed by atoms with E-state index in [0.717, 1.165) is 11.1 Å². The van der Waals surface area contributed by atoms with Crippen molar-refractivity contribution in [3.8, 4) is 5.75 Å². The summed E-state index contributed by atoms with van der Waals surface area (Å²) in [5, 5.41) is 5.37. The maximum atomic E-state index is 12.6. The zero-order valence-electron chi connectivity index (χ0n) is 16.1. The molecule has 0 aliphatic heterocycles. The molecular weight excluding hydrogens is 364 g/mol. The molecule has 0 aliphatic rings. The number of ether oxygens (including phenoxy) is 1. The summed E-state index contributed by atoms with van der Waals surface area (Å²) >= 11 is 0. The Balaban J connectivity index is 1.64. The number of amides is 2. The fraction of sp³-hybridized carbons (Fsp3) is 0.0833. The number of nitrogens with one attached hydrogen (secondary N) is 2. The monoisotopic (exact) mass is 386 g/mol. The molecule has 5 nitrogen and oxygen atoms in total. The highest BCUT2D eigenvalue weighted by Crippen LogP contribution is 2.18. The molecule has 2 N–H and O–H groups in total. The molecule has 0 aliphatic carbocycles. The number of carbonyl (C=O) groups excluding carboxylic acids is 2. The van der Waals surface area contributed by atoms with Gasteiger partial charge in [0.1, 0.15) is 18.1 Å². The second-order valence-electron chi connectivity index (χ2n) is 6.40. The number of benzene rings is 3. The summed E-state index contributed by atoms with van der Waals surface area (Å²) < 4.78 is 5.75. The van der Waals surface area contributed by atoms with Crippen LogP contribution in [0, 0.1) is 0 Å².